The van der Waals surface area contributed by atoms with Crippen molar-refractivity contribution in [3.8, 4) is 11.5 Å². The standard InChI is InChI=1S/C18H22N2O5S2/c1-11(2)5-17(21)19-18-20(13-8-27(22,23)9-16(13)26-18)7-12-3-4-14-15(6-12)25-10-24-14/h3-4,6,11,13,16H,5,7-10H2,1-2H3. The Kier molecular flexibility index (Phi) is 4.84. The Morgan fingerprint density at radius 1 is 1.30 bits per heavy atom. The number of fused-ring (bicyclic) bond motifs is 2. The maximum atomic E-state index is 12.2. The van der Waals surface area contributed by atoms with Gasteiger partial charge in [-0.1, -0.05) is 31.7 Å². The summed E-state index contributed by atoms with van der Waals surface area (Å²) >= 11 is 1.41. The van der Waals surface area contributed by atoms with Gasteiger partial charge >= 0.3 is 0 Å². The summed E-state index contributed by atoms with van der Waals surface area (Å²) in [6.07, 6.45) is 0.384. The van der Waals surface area contributed by atoms with Gasteiger partial charge in [-0.2, -0.15) is 4.99 Å². The number of hydrogen-bond donors (Lipinski definition) is 0. The Morgan fingerprint density at radius 2 is 2.07 bits per heavy atom. The predicted octanol–water partition coefficient (Wildman–Crippen LogP) is 2.06. The van der Waals surface area contributed by atoms with Gasteiger partial charge in [-0.15, -0.1) is 0 Å². The molecule has 3 aliphatic rings. The zero-order valence-corrected chi connectivity index (χ0v) is 16.9. The Labute approximate surface area is 163 Å². The third-order valence-electron chi connectivity index (χ3n) is 4.77. The number of rotatable bonds is 4. The van der Waals surface area contributed by atoms with Gasteiger partial charge < -0.3 is 14.4 Å². The van der Waals surface area contributed by atoms with E-state index in [2.05, 4.69) is 4.99 Å². The van der Waals surface area contributed by atoms with Gasteiger partial charge in [-0.3, -0.25) is 4.79 Å². The third kappa shape index (κ3) is 3.94. The van der Waals surface area contributed by atoms with Crippen LogP contribution >= 0.6 is 11.8 Å². The van der Waals surface area contributed by atoms with Gasteiger partial charge in [0.1, 0.15) is 0 Å². The Morgan fingerprint density at radius 3 is 2.85 bits per heavy atom. The summed E-state index contributed by atoms with van der Waals surface area (Å²) in [7, 11) is -3.06. The predicted molar refractivity (Wildman–Crippen MR) is 104 cm³/mol. The number of aliphatic imine (C=N–C) groups is 1. The molecular formula is C18H22N2O5S2. The van der Waals surface area contributed by atoms with E-state index in [-0.39, 0.29) is 41.4 Å². The van der Waals surface area contributed by atoms with Crippen molar-refractivity contribution < 1.29 is 22.7 Å². The highest BCUT2D eigenvalue weighted by molar-refractivity contribution is 8.15. The van der Waals surface area contributed by atoms with Crippen molar-refractivity contribution >= 4 is 32.7 Å². The summed E-state index contributed by atoms with van der Waals surface area (Å²) in [4.78, 5) is 18.5. The summed E-state index contributed by atoms with van der Waals surface area (Å²) in [6, 6.07) is 5.53. The van der Waals surface area contributed by atoms with Crippen molar-refractivity contribution in [2.75, 3.05) is 18.3 Å². The zero-order valence-electron chi connectivity index (χ0n) is 15.3. The van der Waals surface area contributed by atoms with E-state index in [0.29, 0.717) is 29.6 Å². The average Bonchev–Trinajstić information content (AvgIpc) is 3.21. The molecule has 0 aliphatic carbocycles. The number of nitrogens with zero attached hydrogens (tertiary/aromatic N) is 2. The highest BCUT2D eigenvalue weighted by Gasteiger charge is 2.48. The number of hydrogen-bond acceptors (Lipinski definition) is 6. The van der Waals surface area contributed by atoms with Gasteiger partial charge in [-0.25, -0.2) is 8.42 Å². The smallest absolute Gasteiger partial charge is 0.248 e. The van der Waals surface area contributed by atoms with Crippen LogP contribution in [0, 0.1) is 5.92 Å². The highest BCUT2D eigenvalue weighted by atomic mass is 32.2. The summed E-state index contributed by atoms with van der Waals surface area (Å²) in [6.45, 7) is 4.64. The lowest BCUT2D eigenvalue weighted by atomic mass is 10.1. The fourth-order valence-electron chi connectivity index (χ4n) is 3.56. The van der Waals surface area contributed by atoms with Crippen LogP contribution in [0.4, 0.5) is 0 Å². The topological polar surface area (TPSA) is 85.3 Å². The normalized spacial score (nSPS) is 26.8. The second-order valence-electron chi connectivity index (χ2n) is 7.50. The molecule has 2 atom stereocenters. The van der Waals surface area contributed by atoms with Crippen molar-refractivity contribution in [2.45, 2.75) is 38.1 Å². The summed E-state index contributed by atoms with van der Waals surface area (Å²) in [5.41, 5.74) is 0.966. The first-order valence-corrected chi connectivity index (χ1v) is 11.6. The molecule has 2 unspecified atom stereocenters. The summed E-state index contributed by atoms with van der Waals surface area (Å²) in [5, 5.41) is 0.554. The number of ether oxygens (including phenoxy) is 2. The van der Waals surface area contributed by atoms with Crippen LogP contribution in [-0.4, -0.2) is 54.0 Å². The Bertz CT molecular complexity index is 897. The zero-order chi connectivity index (χ0) is 19.2. The molecule has 146 valence electrons. The first kappa shape index (κ1) is 18.6. The minimum absolute atomic E-state index is 0.0744. The van der Waals surface area contributed by atoms with Gasteiger partial charge in [0.25, 0.3) is 0 Å². The minimum atomic E-state index is -3.06. The van der Waals surface area contributed by atoms with E-state index >= 15 is 0 Å². The first-order chi connectivity index (χ1) is 12.8. The second kappa shape index (κ2) is 7.01. The van der Waals surface area contributed by atoms with E-state index in [1.807, 2.05) is 36.9 Å². The maximum Gasteiger partial charge on any atom is 0.248 e. The lowest BCUT2D eigenvalue weighted by molar-refractivity contribution is -0.118. The molecule has 2 fully saturated rings. The van der Waals surface area contributed by atoms with E-state index in [9.17, 15) is 13.2 Å². The number of thioether (sulfide) groups is 1. The van der Waals surface area contributed by atoms with Crippen LogP contribution < -0.4 is 9.47 Å². The van der Waals surface area contributed by atoms with E-state index < -0.39 is 9.84 Å². The van der Waals surface area contributed by atoms with Gasteiger partial charge in [0, 0.05) is 18.2 Å². The Hall–Kier alpha value is -1.74. The summed E-state index contributed by atoms with van der Waals surface area (Å²) in [5.74, 6) is 1.70. The molecule has 27 heavy (non-hydrogen) atoms. The van der Waals surface area contributed by atoms with Crippen LogP contribution in [0.2, 0.25) is 0 Å². The number of benzene rings is 1. The van der Waals surface area contributed by atoms with Crippen LogP contribution in [-0.2, 0) is 21.2 Å². The molecule has 4 rings (SSSR count). The first-order valence-electron chi connectivity index (χ1n) is 8.94. The SMILES string of the molecule is CC(C)CC(=O)N=C1SC2CS(=O)(=O)CC2N1Cc1ccc2c(c1)OCO2. The van der Waals surface area contributed by atoms with Crippen LogP contribution in [0.5, 0.6) is 11.5 Å². The fraction of sp³-hybridized carbons (Fsp3) is 0.556. The van der Waals surface area contributed by atoms with Crippen molar-refractivity contribution in [2.24, 2.45) is 10.9 Å². The molecule has 7 nitrogen and oxygen atoms in total. The quantitative estimate of drug-likeness (QED) is 0.751. The van der Waals surface area contributed by atoms with Gasteiger partial charge in [-0.05, 0) is 23.6 Å². The number of sulfone groups is 1. The number of amidine groups is 1. The molecule has 0 radical (unpaired) electrons. The van der Waals surface area contributed by atoms with Crippen molar-refractivity contribution in [1.82, 2.24) is 4.90 Å². The van der Waals surface area contributed by atoms with Crippen LogP contribution in [0.15, 0.2) is 23.2 Å². The van der Waals surface area contributed by atoms with E-state index in [4.69, 9.17) is 9.47 Å². The van der Waals surface area contributed by atoms with Crippen molar-refractivity contribution in [3.05, 3.63) is 23.8 Å². The third-order valence-corrected chi connectivity index (χ3v) is 8.02. The maximum absolute atomic E-state index is 12.2. The van der Waals surface area contributed by atoms with Crippen LogP contribution in [0.25, 0.3) is 0 Å². The number of amides is 1. The molecular weight excluding hydrogens is 388 g/mol. The molecule has 3 aliphatic heterocycles. The van der Waals surface area contributed by atoms with Crippen LogP contribution in [0.3, 0.4) is 0 Å². The molecule has 0 bridgehead atoms. The largest absolute Gasteiger partial charge is 0.454 e. The number of carbonyl (C=O) groups is 1. The van der Waals surface area contributed by atoms with Gasteiger partial charge in [0.15, 0.2) is 26.5 Å². The van der Waals surface area contributed by atoms with Crippen molar-refractivity contribution in [1.29, 1.82) is 0 Å². The van der Waals surface area contributed by atoms with Crippen molar-refractivity contribution in [3.63, 3.8) is 0 Å². The molecule has 0 aromatic heterocycles. The monoisotopic (exact) mass is 410 g/mol. The Balaban J connectivity index is 1.60. The van der Waals surface area contributed by atoms with Crippen LogP contribution in [0.1, 0.15) is 25.8 Å². The molecule has 1 aromatic rings. The van der Waals surface area contributed by atoms with E-state index in [1.54, 1.807) is 0 Å². The molecule has 0 N–H and O–H groups in total. The van der Waals surface area contributed by atoms with Gasteiger partial charge in [0.2, 0.25) is 12.7 Å². The molecule has 0 saturated carbocycles. The summed E-state index contributed by atoms with van der Waals surface area (Å²) < 4.78 is 34.9. The molecule has 3 heterocycles. The highest BCUT2D eigenvalue weighted by Crippen LogP contribution is 2.40. The lowest BCUT2D eigenvalue weighted by Crippen LogP contribution is -2.37. The molecule has 0 spiro atoms. The molecule has 1 aromatic carbocycles. The minimum Gasteiger partial charge on any atom is -0.454 e. The van der Waals surface area contributed by atoms with E-state index in [0.717, 1.165) is 5.56 Å². The molecule has 2 saturated heterocycles. The fourth-order valence-corrected chi connectivity index (χ4v) is 7.53. The average molecular weight is 411 g/mol. The molecule has 9 heteroatoms. The van der Waals surface area contributed by atoms with Gasteiger partial charge in [0.05, 0.1) is 17.5 Å². The lowest BCUT2D eigenvalue weighted by Gasteiger charge is -2.24. The number of carbonyl (C=O) groups excluding carboxylic acids is 1. The second-order valence-corrected chi connectivity index (χ2v) is 10.9. The molecule has 1 amide bonds. The van der Waals surface area contributed by atoms with E-state index in [1.165, 1.54) is 11.8 Å².